The van der Waals surface area contributed by atoms with Crippen molar-refractivity contribution in [3.8, 4) is 5.75 Å². The van der Waals surface area contributed by atoms with Gasteiger partial charge in [0.05, 0.1) is 0 Å². The number of para-hydroxylation sites is 1. The molecule has 0 radical (unpaired) electrons. The van der Waals surface area contributed by atoms with Gasteiger partial charge in [-0.15, -0.1) is 13.2 Å². The fourth-order valence-electron chi connectivity index (χ4n) is 3.40. The molecule has 4 heteroatoms. The first-order chi connectivity index (χ1) is 12.0. The lowest BCUT2D eigenvalue weighted by Gasteiger charge is -2.40. The van der Waals surface area contributed by atoms with E-state index in [0.717, 1.165) is 24.8 Å². The zero-order valence-corrected chi connectivity index (χ0v) is 14.9. The molecule has 0 unspecified atom stereocenters. The summed E-state index contributed by atoms with van der Waals surface area (Å²) in [6.07, 6.45) is 9.03. The van der Waals surface area contributed by atoms with E-state index in [1.165, 1.54) is 5.57 Å². The molecule has 0 aliphatic carbocycles. The molecule has 0 aromatic heterocycles. The highest BCUT2D eigenvalue weighted by Crippen LogP contribution is 2.30. The third kappa shape index (κ3) is 5.33. The van der Waals surface area contributed by atoms with Crippen LogP contribution in [0.2, 0.25) is 0 Å². The van der Waals surface area contributed by atoms with Crippen molar-refractivity contribution in [1.82, 2.24) is 4.90 Å². The molecule has 0 fully saturated rings. The van der Waals surface area contributed by atoms with Gasteiger partial charge in [-0.05, 0) is 32.3 Å². The van der Waals surface area contributed by atoms with Gasteiger partial charge in [0.15, 0.2) is 6.61 Å². The van der Waals surface area contributed by atoms with E-state index in [1.807, 2.05) is 36.4 Å². The fourth-order valence-corrected chi connectivity index (χ4v) is 3.40. The number of carboxylic acid groups (broad SMARTS) is 1. The lowest BCUT2D eigenvalue weighted by atomic mass is 9.92. The Morgan fingerprint density at radius 1 is 1.32 bits per heavy atom. The van der Waals surface area contributed by atoms with E-state index in [1.54, 1.807) is 0 Å². The number of hydrogen-bond acceptors (Lipinski definition) is 3. The molecule has 1 aromatic rings. The number of rotatable bonds is 9. The summed E-state index contributed by atoms with van der Waals surface area (Å²) in [5.74, 6) is -0.341. The Hall–Kier alpha value is -2.33. The minimum atomic E-state index is -0.972. The van der Waals surface area contributed by atoms with Crippen LogP contribution >= 0.6 is 0 Å². The summed E-state index contributed by atoms with van der Waals surface area (Å²) in [5.41, 5.74) is 2.39. The van der Waals surface area contributed by atoms with Crippen LogP contribution in [0.15, 0.2) is 61.2 Å². The number of nitrogens with zero attached hydrogens (tertiary/aromatic N) is 1. The van der Waals surface area contributed by atoms with Gasteiger partial charge in [0.1, 0.15) is 5.75 Å². The summed E-state index contributed by atoms with van der Waals surface area (Å²) >= 11 is 0. The monoisotopic (exact) mass is 341 g/mol. The lowest BCUT2D eigenvalue weighted by Crippen LogP contribution is -2.44. The van der Waals surface area contributed by atoms with Gasteiger partial charge in [0.25, 0.3) is 0 Å². The standard InChI is InChI=1S/C21H27NO3/c1-4-8-18-12-16(3)13-19(9-5-2)22(18)14-17-10-6-7-11-20(17)25-15-21(23)24/h4-7,10-12,18-19H,1-2,8-9,13-15H2,3H3,(H,23,24)/t18-,19-/m1/s1. The third-order valence-corrected chi connectivity index (χ3v) is 4.45. The van der Waals surface area contributed by atoms with Crippen LogP contribution in [0.5, 0.6) is 5.75 Å². The summed E-state index contributed by atoms with van der Waals surface area (Å²) < 4.78 is 5.47. The molecule has 0 saturated carbocycles. The first-order valence-electron chi connectivity index (χ1n) is 8.62. The van der Waals surface area contributed by atoms with E-state index in [9.17, 15) is 4.79 Å². The molecule has 0 amide bonds. The van der Waals surface area contributed by atoms with Crippen molar-refractivity contribution in [2.24, 2.45) is 0 Å². The Morgan fingerprint density at radius 3 is 2.72 bits per heavy atom. The Morgan fingerprint density at radius 2 is 2.04 bits per heavy atom. The Bertz CT molecular complexity index is 650. The third-order valence-electron chi connectivity index (χ3n) is 4.45. The highest BCUT2D eigenvalue weighted by atomic mass is 16.5. The van der Waals surface area contributed by atoms with Crippen molar-refractivity contribution in [1.29, 1.82) is 0 Å². The van der Waals surface area contributed by atoms with Crippen LogP contribution in [-0.4, -0.2) is 34.7 Å². The highest BCUT2D eigenvalue weighted by Gasteiger charge is 2.28. The van der Waals surface area contributed by atoms with E-state index in [0.29, 0.717) is 18.3 Å². The van der Waals surface area contributed by atoms with Gasteiger partial charge in [-0.3, -0.25) is 4.90 Å². The highest BCUT2D eigenvalue weighted by molar-refractivity contribution is 5.68. The predicted octanol–water partition coefficient (Wildman–Crippen LogP) is 4.19. The molecule has 1 heterocycles. The van der Waals surface area contributed by atoms with Crippen LogP contribution in [-0.2, 0) is 11.3 Å². The molecule has 0 bridgehead atoms. The van der Waals surface area contributed by atoms with Crippen molar-refractivity contribution < 1.29 is 14.6 Å². The second-order valence-electron chi connectivity index (χ2n) is 6.45. The van der Waals surface area contributed by atoms with Crippen molar-refractivity contribution in [2.45, 2.75) is 44.8 Å². The second kappa shape index (κ2) is 9.23. The van der Waals surface area contributed by atoms with Gasteiger partial charge in [0.2, 0.25) is 0 Å². The quantitative estimate of drug-likeness (QED) is 0.684. The normalized spacial score (nSPS) is 20.6. The molecule has 0 saturated heterocycles. The van der Waals surface area contributed by atoms with Crippen molar-refractivity contribution in [2.75, 3.05) is 6.61 Å². The van der Waals surface area contributed by atoms with Crippen molar-refractivity contribution in [3.63, 3.8) is 0 Å². The summed E-state index contributed by atoms with van der Waals surface area (Å²) in [6, 6.07) is 8.30. The average molecular weight is 341 g/mol. The topological polar surface area (TPSA) is 49.8 Å². The number of benzene rings is 1. The van der Waals surface area contributed by atoms with Gasteiger partial charge in [-0.25, -0.2) is 4.79 Å². The van der Waals surface area contributed by atoms with Gasteiger partial charge >= 0.3 is 5.97 Å². The summed E-state index contributed by atoms with van der Waals surface area (Å²) in [5, 5.41) is 8.87. The molecule has 0 spiro atoms. The molecular weight excluding hydrogens is 314 g/mol. The number of carbonyl (C=O) groups is 1. The number of ether oxygens (including phenoxy) is 1. The Labute approximate surface area is 150 Å². The SMILES string of the molecule is C=CC[C@@H]1CC(C)=C[C@@H](CC=C)N1Cc1ccccc1OCC(=O)O. The van der Waals surface area contributed by atoms with Gasteiger partial charge in [-0.1, -0.05) is 42.0 Å². The second-order valence-corrected chi connectivity index (χ2v) is 6.45. The van der Waals surface area contributed by atoms with Crippen LogP contribution in [0, 0.1) is 0 Å². The average Bonchev–Trinajstić information content (AvgIpc) is 2.57. The Balaban J connectivity index is 2.26. The summed E-state index contributed by atoms with van der Waals surface area (Å²) in [7, 11) is 0. The first kappa shape index (κ1) is 19.0. The minimum absolute atomic E-state index is 0.281. The van der Waals surface area contributed by atoms with Crippen LogP contribution < -0.4 is 4.74 Å². The molecule has 2 atom stereocenters. The van der Waals surface area contributed by atoms with Crippen LogP contribution in [0.3, 0.4) is 0 Å². The molecule has 2 rings (SSSR count). The molecule has 1 N–H and O–H groups in total. The minimum Gasteiger partial charge on any atom is -0.482 e. The summed E-state index contributed by atoms with van der Waals surface area (Å²) in [4.78, 5) is 13.3. The predicted molar refractivity (Wildman–Crippen MR) is 101 cm³/mol. The van der Waals surface area contributed by atoms with Crippen LogP contribution in [0.25, 0.3) is 0 Å². The molecular formula is C21H27NO3. The molecule has 134 valence electrons. The molecule has 1 aromatic carbocycles. The van der Waals surface area contributed by atoms with Gasteiger partial charge < -0.3 is 9.84 Å². The number of hydrogen-bond donors (Lipinski definition) is 1. The van der Waals surface area contributed by atoms with Crippen LogP contribution in [0.4, 0.5) is 0 Å². The van der Waals surface area contributed by atoms with E-state index in [4.69, 9.17) is 9.84 Å². The first-order valence-corrected chi connectivity index (χ1v) is 8.62. The maximum Gasteiger partial charge on any atom is 0.341 e. The Kier molecular flexibility index (Phi) is 7.02. The zero-order valence-electron chi connectivity index (χ0n) is 14.9. The summed E-state index contributed by atoms with van der Waals surface area (Å²) in [6.45, 7) is 10.3. The maximum absolute atomic E-state index is 10.8. The molecule has 25 heavy (non-hydrogen) atoms. The van der Waals surface area contributed by atoms with Crippen LogP contribution in [0.1, 0.15) is 31.7 Å². The van der Waals surface area contributed by atoms with Crippen molar-refractivity contribution in [3.05, 3.63) is 66.8 Å². The number of carboxylic acids is 1. The smallest absolute Gasteiger partial charge is 0.341 e. The van der Waals surface area contributed by atoms with Gasteiger partial charge in [-0.2, -0.15) is 0 Å². The fraction of sp³-hybridized carbons (Fsp3) is 0.381. The number of aliphatic carboxylic acids is 1. The molecule has 1 aliphatic heterocycles. The van der Waals surface area contributed by atoms with E-state index in [2.05, 4.69) is 31.1 Å². The van der Waals surface area contributed by atoms with E-state index >= 15 is 0 Å². The van der Waals surface area contributed by atoms with E-state index < -0.39 is 5.97 Å². The van der Waals surface area contributed by atoms with Gasteiger partial charge in [0, 0.05) is 24.2 Å². The zero-order chi connectivity index (χ0) is 18.2. The van der Waals surface area contributed by atoms with E-state index in [-0.39, 0.29) is 12.6 Å². The molecule has 1 aliphatic rings. The molecule has 4 nitrogen and oxygen atoms in total. The maximum atomic E-state index is 10.8. The van der Waals surface area contributed by atoms with Crippen molar-refractivity contribution >= 4 is 5.97 Å². The lowest BCUT2D eigenvalue weighted by molar-refractivity contribution is -0.139. The largest absolute Gasteiger partial charge is 0.482 e.